The van der Waals surface area contributed by atoms with Crippen molar-refractivity contribution in [2.75, 3.05) is 0 Å². The van der Waals surface area contributed by atoms with E-state index in [0.717, 1.165) is 4.47 Å². The first-order valence-corrected chi connectivity index (χ1v) is 9.20. The fraction of sp³-hybridized carbons (Fsp3) is 0. The smallest absolute Gasteiger partial charge is 0.0254 e. The van der Waals surface area contributed by atoms with Crippen LogP contribution in [0.5, 0.6) is 0 Å². The van der Waals surface area contributed by atoms with Crippen LogP contribution in [0.1, 0.15) is 0 Å². The van der Waals surface area contributed by atoms with Gasteiger partial charge in [-0.15, -0.1) is 0 Å². The molecule has 0 aliphatic heterocycles. The van der Waals surface area contributed by atoms with E-state index in [4.69, 9.17) is 0 Å². The molecule has 118 valence electrons. The molecule has 0 aliphatic carbocycles. The zero-order valence-electron chi connectivity index (χ0n) is 13.5. The molecule has 5 rings (SSSR count). The van der Waals surface area contributed by atoms with E-state index in [1.807, 2.05) is 0 Å². The van der Waals surface area contributed by atoms with Crippen LogP contribution < -0.4 is 0 Å². The Labute approximate surface area is 154 Å². The third-order valence-electron chi connectivity index (χ3n) is 4.91. The van der Waals surface area contributed by atoms with E-state index in [2.05, 4.69) is 107 Å². The molecule has 0 amide bonds. The number of benzene rings is 5. The Morgan fingerprint density at radius 3 is 2.00 bits per heavy atom. The van der Waals surface area contributed by atoms with Crippen molar-refractivity contribution in [1.29, 1.82) is 0 Å². The van der Waals surface area contributed by atoms with Crippen LogP contribution in [0.15, 0.2) is 95.5 Å². The Bertz CT molecular complexity index is 1250. The van der Waals surface area contributed by atoms with Crippen molar-refractivity contribution >= 4 is 48.2 Å². The molecule has 0 unspecified atom stereocenters. The van der Waals surface area contributed by atoms with Gasteiger partial charge in [-0.25, -0.2) is 0 Å². The zero-order valence-corrected chi connectivity index (χ0v) is 15.1. The first kappa shape index (κ1) is 14.7. The van der Waals surface area contributed by atoms with Gasteiger partial charge in [-0.2, -0.15) is 0 Å². The monoisotopic (exact) mass is 382 g/mol. The molecular formula is C24H15Br. The zero-order chi connectivity index (χ0) is 16.8. The number of halogens is 1. The molecule has 0 saturated carbocycles. The van der Waals surface area contributed by atoms with Gasteiger partial charge in [0, 0.05) is 4.47 Å². The summed E-state index contributed by atoms with van der Waals surface area (Å²) in [6, 6.07) is 32.6. The molecule has 0 bridgehead atoms. The minimum Gasteiger partial charge on any atom is -0.0616 e. The third-order valence-corrected chi connectivity index (χ3v) is 5.60. The Morgan fingerprint density at radius 1 is 0.480 bits per heavy atom. The van der Waals surface area contributed by atoms with E-state index in [1.165, 1.54) is 43.4 Å². The van der Waals surface area contributed by atoms with E-state index in [1.54, 1.807) is 0 Å². The van der Waals surface area contributed by atoms with E-state index >= 15 is 0 Å². The molecule has 5 aromatic carbocycles. The van der Waals surface area contributed by atoms with Gasteiger partial charge in [-0.05, 0) is 55.6 Å². The number of hydrogen-bond acceptors (Lipinski definition) is 0. The lowest BCUT2D eigenvalue weighted by Crippen LogP contribution is -1.87. The molecule has 0 saturated heterocycles. The van der Waals surface area contributed by atoms with Gasteiger partial charge in [0.25, 0.3) is 0 Å². The average molecular weight is 383 g/mol. The molecule has 0 nitrogen and oxygen atoms in total. The van der Waals surface area contributed by atoms with Crippen molar-refractivity contribution in [1.82, 2.24) is 0 Å². The van der Waals surface area contributed by atoms with Crippen LogP contribution in [0, 0.1) is 0 Å². The largest absolute Gasteiger partial charge is 0.0616 e. The fourth-order valence-corrected chi connectivity index (χ4v) is 4.27. The molecule has 0 radical (unpaired) electrons. The first-order valence-electron chi connectivity index (χ1n) is 8.41. The van der Waals surface area contributed by atoms with Gasteiger partial charge in [0.05, 0.1) is 0 Å². The van der Waals surface area contributed by atoms with Crippen LogP contribution in [-0.4, -0.2) is 0 Å². The van der Waals surface area contributed by atoms with Crippen LogP contribution in [-0.2, 0) is 0 Å². The molecule has 0 heterocycles. The second-order valence-corrected chi connectivity index (χ2v) is 7.19. The average Bonchev–Trinajstić information content (AvgIpc) is 2.66. The molecule has 0 atom stereocenters. The molecule has 5 aromatic rings. The van der Waals surface area contributed by atoms with Crippen LogP contribution >= 0.6 is 15.9 Å². The van der Waals surface area contributed by atoms with Gasteiger partial charge < -0.3 is 0 Å². The maximum atomic E-state index is 3.74. The number of rotatable bonds is 1. The lowest BCUT2D eigenvalue weighted by molar-refractivity contribution is 1.69. The summed E-state index contributed by atoms with van der Waals surface area (Å²) in [4.78, 5) is 0. The van der Waals surface area contributed by atoms with Crippen molar-refractivity contribution in [3.63, 3.8) is 0 Å². The van der Waals surface area contributed by atoms with Gasteiger partial charge >= 0.3 is 0 Å². The summed E-state index contributed by atoms with van der Waals surface area (Å²) in [6.45, 7) is 0. The lowest BCUT2D eigenvalue weighted by atomic mass is 9.89. The second-order valence-electron chi connectivity index (χ2n) is 6.33. The topological polar surface area (TPSA) is 0 Å². The Morgan fingerprint density at radius 2 is 1.12 bits per heavy atom. The highest BCUT2D eigenvalue weighted by atomic mass is 79.9. The van der Waals surface area contributed by atoms with Crippen molar-refractivity contribution in [3.05, 3.63) is 95.5 Å². The highest BCUT2D eigenvalue weighted by Crippen LogP contribution is 2.41. The van der Waals surface area contributed by atoms with E-state index in [0.29, 0.717) is 0 Å². The predicted octanol–water partition coefficient (Wildman–Crippen LogP) is 7.58. The summed E-state index contributed by atoms with van der Waals surface area (Å²) < 4.78 is 1.14. The van der Waals surface area contributed by atoms with E-state index in [9.17, 15) is 0 Å². The maximum Gasteiger partial charge on any atom is 0.0254 e. The highest BCUT2D eigenvalue weighted by molar-refractivity contribution is 9.10. The number of hydrogen-bond donors (Lipinski definition) is 0. The first-order chi connectivity index (χ1) is 12.3. The van der Waals surface area contributed by atoms with Crippen molar-refractivity contribution < 1.29 is 0 Å². The molecule has 0 aromatic heterocycles. The van der Waals surface area contributed by atoms with Gasteiger partial charge in [-0.3, -0.25) is 0 Å². The standard InChI is InChI=1S/C24H15Br/c25-23-14-6-13-21-22(23)15-17-8-2-4-11-19(17)24(21)20-12-5-9-16-7-1-3-10-18(16)20/h1-15H. The summed E-state index contributed by atoms with van der Waals surface area (Å²) in [7, 11) is 0. The van der Waals surface area contributed by atoms with Crippen LogP contribution in [0.2, 0.25) is 0 Å². The lowest BCUT2D eigenvalue weighted by Gasteiger charge is -2.15. The minimum absolute atomic E-state index is 1.14. The van der Waals surface area contributed by atoms with E-state index < -0.39 is 0 Å². The number of fused-ring (bicyclic) bond motifs is 3. The molecular weight excluding hydrogens is 368 g/mol. The minimum atomic E-state index is 1.14. The van der Waals surface area contributed by atoms with Crippen molar-refractivity contribution in [2.45, 2.75) is 0 Å². The van der Waals surface area contributed by atoms with E-state index in [-0.39, 0.29) is 0 Å². The highest BCUT2D eigenvalue weighted by Gasteiger charge is 2.13. The van der Waals surface area contributed by atoms with Crippen LogP contribution in [0.25, 0.3) is 43.4 Å². The second kappa shape index (κ2) is 5.72. The molecule has 1 heteroatoms. The Hall–Kier alpha value is -2.64. The van der Waals surface area contributed by atoms with Gasteiger partial charge in [0.2, 0.25) is 0 Å². The van der Waals surface area contributed by atoms with Crippen LogP contribution in [0.4, 0.5) is 0 Å². The summed E-state index contributed by atoms with van der Waals surface area (Å²) in [5, 5.41) is 7.67. The third kappa shape index (κ3) is 2.27. The summed E-state index contributed by atoms with van der Waals surface area (Å²) in [5.74, 6) is 0. The SMILES string of the molecule is Brc1cccc2c(-c3cccc4ccccc34)c3ccccc3cc12. The van der Waals surface area contributed by atoms with Crippen molar-refractivity contribution in [2.24, 2.45) is 0 Å². The van der Waals surface area contributed by atoms with Gasteiger partial charge in [0.15, 0.2) is 0 Å². The van der Waals surface area contributed by atoms with Crippen molar-refractivity contribution in [3.8, 4) is 11.1 Å². The maximum absolute atomic E-state index is 3.74. The quantitative estimate of drug-likeness (QED) is 0.262. The molecule has 25 heavy (non-hydrogen) atoms. The van der Waals surface area contributed by atoms with Gasteiger partial charge in [-0.1, -0.05) is 94.8 Å². The Kier molecular flexibility index (Phi) is 3.36. The summed E-state index contributed by atoms with van der Waals surface area (Å²) >= 11 is 3.74. The van der Waals surface area contributed by atoms with Gasteiger partial charge in [0.1, 0.15) is 0 Å². The molecule has 0 N–H and O–H groups in total. The Balaban J connectivity index is 2.05. The summed E-state index contributed by atoms with van der Waals surface area (Å²) in [6.07, 6.45) is 0. The van der Waals surface area contributed by atoms with Crippen LogP contribution in [0.3, 0.4) is 0 Å². The summed E-state index contributed by atoms with van der Waals surface area (Å²) in [5.41, 5.74) is 2.60. The normalized spacial score (nSPS) is 11.4. The molecule has 0 spiro atoms. The molecule has 0 aliphatic rings. The molecule has 0 fully saturated rings. The predicted molar refractivity (Wildman–Crippen MR) is 112 cm³/mol. The fourth-order valence-electron chi connectivity index (χ4n) is 3.79.